The summed E-state index contributed by atoms with van der Waals surface area (Å²) in [7, 11) is 0. The van der Waals surface area contributed by atoms with E-state index in [0.717, 1.165) is 18.8 Å². The van der Waals surface area contributed by atoms with E-state index in [1.807, 2.05) is 0 Å². The lowest BCUT2D eigenvalue weighted by atomic mass is 10.1. The summed E-state index contributed by atoms with van der Waals surface area (Å²) in [5.74, 6) is 0.675. The van der Waals surface area contributed by atoms with Gasteiger partial charge in [0.25, 0.3) is 0 Å². The van der Waals surface area contributed by atoms with Gasteiger partial charge in [-0.3, -0.25) is 4.68 Å². The van der Waals surface area contributed by atoms with E-state index in [4.69, 9.17) is 5.10 Å². The second-order valence-electron chi connectivity index (χ2n) is 6.08. The van der Waals surface area contributed by atoms with Crippen molar-refractivity contribution in [2.45, 2.75) is 59.7 Å². The molecule has 1 aromatic heterocycles. The molecule has 0 saturated carbocycles. The summed E-state index contributed by atoms with van der Waals surface area (Å²) in [6, 6.07) is 9.05. The van der Waals surface area contributed by atoms with Gasteiger partial charge in [-0.15, -0.1) is 0 Å². The summed E-state index contributed by atoms with van der Waals surface area (Å²) in [6.45, 7) is 10.7. The van der Waals surface area contributed by atoms with E-state index in [2.05, 4.69) is 62.0 Å². The van der Waals surface area contributed by atoms with Crippen LogP contribution in [0.1, 0.15) is 46.2 Å². The maximum atomic E-state index is 4.84. The van der Waals surface area contributed by atoms with E-state index in [0.29, 0.717) is 12.0 Å². The lowest BCUT2D eigenvalue weighted by Gasteiger charge is -2.11. The predicted molar refractivity (Wildman–Crippen MR) is 85.8 cm³/mol. The first-order valence-electron chi connectivity index (χ1n) is 7.79. The van der Waals surface area contributed by atoms with Crippen LogP contribution >= 0.6 is 0 Å². The highest BCUT2D eigenvalue weighted by atomic mass is 15.3. The SMILES string of the molecule is CCCC(C)Cn1nc(CNC(C)C)c2ccccc21. The molecule has 3 heteroatoms. The molecule has 0 amide bonds. The van der Waals surface area contributed by atoms with Crippen LogP contribution in [0.2, 0.25) is 0 Å². The van der Waals surface area contributed by atoms with Crippen molar-refractivity contribution in [3.8, 4) is 0 Å². The Kier molecular flexibility index (Phi) is 5.18. The van der Waals surface area contributed by atoms with E-state index < -0.39 is 0 Å². The van der Waals surface area contributed by atoms with Gasteiger partial charge >= 0.3 is 0 Å². The molecule has 0 aliphatic carbocycles. The molecule has 0 spiro atoms. The summed E-state index contributed by atoms with van der Waals surface area (Å²) in [5, 5.41) is 9.59. The van der Waals surface area contributed by atoms with Gasteiger partial charge in [-0.25, -0.2) is 0 Å². The van der Waals surface area contributed by atoms with Crippen LogP contribution in [-0.4, -0.2) is 15.8 Å². The number of nitrogens with zero attached hydrogens (tertiary/aromatic N) is 2. The Bertz CT molecular complexity index is 542. The van der Waals surface area contributed by atoms with E-state index in [1.54, 1.807) is 0 Å². The number of benzene rings is 1. The van der Waals surface area contributed by atoms with Gasteiger partial charge in [0.15, 0.2) is 0 Å². The zero-order valence-electron chi connectivity index (χ0n) is 13.2. The topological polar surface area (TPSA) is 29.9 Å². The Hall–Kier alpha value is -1.35. The fraction of sp³-hybridized carbons (Fsp3) is 0.588. The Morgan fingerprint density at radius 3 is 2.65 bits per heavy atom. The molecule has 1 atom stereocenters. The van der Waals surface area contributed by atoms with Gasteiger partial charge in [-0.1, -0.05) is 52.3 Å². The Morgan fingerprint density at radius 1 is 1.20 bits per heavy atom. The summed E-state index contributed by atoms with van der Waals surface area (Å²) in [5.41, 5.74) is 2.43. The monoisotopic (exact) mass is 273 g/mol. The maximum Gasteiger partial charge on any atom is 0.0841 e. The van der Waals surface area contributed by atoms with Crippen LogP contribution in [0.3, 0.4) is 0 Å². The predicted octanol–water partition coefficient (Wildman–Crippen LogP) is 3.97. The molecule has 1 aromatic carbocycles. The Morgan fingerprint density at radius 2 is 1.95 bits per heavy atom. The molecule has 0 radical (unpaired) electrons. The van der Waals surface area contributed by atoms with Crippen molar-refractivity contribution in [3.63, 3.8) is 0 Å². The van der Waals surface area contributed by atoms with Crippen molar-refractivity contribution in [1.82, 2.24) is 15.1 Å². The summed E-state index contributed by atoms with van der Waals surface area (Å²) in [6.07, 6.45) is 2.50. The molecule has 0 aliphatic heterocycles. The number of aromatic nitrogens is 2. The number of fused-ring (bicyclic) bond motifs is 1. The first-order valence-corrected chi connectivity index (χ1v) is 7.79. The van der Waals surface area contributed by atoms with Crippen LogP contribution < -0.4 is 5.32 Å². The van der Waals surface area contributed by atoms with Crippen molar-refractivity contribution in [3.05, 3.63) is 30.0 Å². The minimum atomic E-state index is 0.484. The van der Waals surface area contributed by atoms with Gasteiger partial charge in [0.05, 0.1) is 11.2 Å². The molecular weight excluding hydrogens is 246 g/mol. The first kappa shape index (κ1) is 15.0. The van der Waals surface area contributed by atoms with Crippen LogP contribution in [0.25, 0.3) is 10.9 Å². The molecule has 3 nitrogen and oxygen atoms in total. The molecule has 0 aliphatic rings. The quantitative estimate of drug-likeness (QED) is 0.827. The molecule has 1 unspecified atom stereocenters. The zero-order valence-corrected chi connectivity index (χ0v) is 13.2. The fourth-order valence-corrected chi connectivity index (χ4v) is 2.65. The minimum absolute atomic E-state index is 0.484. The Balaban J connectivity index is 2.25. The summed E-state index contributed by atoms with van der Waals surface area (Å²) < 4.78 is 2.19. The highest BCUT2D eigenvalue weighted by molar-refractivity contribution is 5.81. The number of para-hydroxylation sites is 1. The molecule has 0 bridgehead atoms. The molecule has 1 heterocycles. The zero-order chi connectivity index (χ0) is 14.5. The second kappa shape index (κ2) is 6.89. The lowest BCUT2D eigenvalue weighted by Crippen LogP contribution is -2.22. The highest BCUT2D eigenvalue weighted by Crippen LogP contribution is 2.20. The molecule has 0 fully saturated rings. The van der Waals surface area contributed by atoms with Gasteiger partial charge < -0.3 is 5.32 Å². The number of hydrogen-bond acceptors (Lipinski definition) is 2. The van der Waals surface area contributed by atoms with Crippen LogP contribution in [0.4, 0.5) is 0 Å². The highest BCUT2D eigenvalue weighted by Gasteiger charge is 2.12. The van der Waals surface area contributed by atoms with Crippen molar-refractivity contribution in [2.75, 3.05) is 0 Å². The smallest absolute Gasteiger partial charge is 0.0841 e. The summed E-state index contributed by atoms with van der Waals surface area (Å²) >= 11 is 0. The number of rotatable bonds is 7. The van der Waals surface area contributed by atoms with E-state index in [1.165, 1.54) is 23.7 Å². The van der Waals surface area contributed by atoms with Crippen molar-refractivity contribution >= 4 is 10.9 Å². The molecule has 110 valence electrons. The average Bonchev–Trinajstić information content (AvgIpc) is 2.75. The molecule has 1 N–H and O–H groups in total. The number of hydrogen-bond donors (Lipinski definition) is 1. The molecule has 20 heavy (non-hydrogen) atoms. The molecular formula is C17H27N3. The van der Waals surface area contributed by atoms with Crippen LogP contribution in [0, 0.1) is 5.92 Å². The largest absolute Gasteiger partial charge is 0.309 e. The fourth-order valence-electron chi connectivity index (χ4n) is 2.65. The lowest BCUT2D eigenvalue weighted by molar-refractivity contribution is 0.425. The molecule has 2 rings (SSSR count). The standard InChI is InChI=1S/C17H27N3/c1-5-8-14(4)12-20-17-10-7-6-9-15(17)16(19-20)11-18-13(2)3/h6-7,9-10,13-14,18H,5,8,11-12H2,1-4H3. The van der Waals surface area contributed by atoms with Crippen LogP contribution in [0.5, 0.6) is 0 Å². The summed E-state index contributed by atoms with van der Waals surface area (Å²) in [4.78, 5) is 0. The van der Waals surface area contributed by atoms with Crippen LogP contribution in [0.15, 0.2) is 24.3 Å². The second-order valence-corrected chi connectivity index (χ2v) is 6.08. The van der Waals surface area contributed by atoms with Gasteiger partial charge in [0.2, 0.25) is 0 Å². The molecule has 2 aromatic rings. The first-order chi connectivity index (χ1) is 9.61. The normalized spacial score (nSPS) is 13.2. The van der Waals surface area contributed by atoms with Crippen molar-refractivity contribution in [2.24, 2.45) is 5.92 Å². The van der Waals surface area contributed by atoms with Crippen molar-refractivity contribution < 1.29 is 0 Å². The van der Waals surface area contributed by atoms with Gasteiger partial charge in [0.1, 0.15) is 0 Å². The van der Waals surface area contributed by atoms with Gasteiger partial charge in [-0.05, 0) is 18.4 Å². The van der Waals surface area contributed by atoms with Gasteiger partial charge in [0, 0.05) is 24.5 Å². The number of nitrogens with one attached hydrogen (secondary N) is 1. The minimum Gasteiger partial charge on any atom is -0.309 e. The third-order valence-electron chi connectivity index (χ3n) is 3.68. The average molecular weight is 273 g/mol. The van der Waals surface area contributed by atoms with E-state index >= 15 is 0 Å². The van der Waals surface area contributed by atoms with Gasteiger partial charge in [-0.2, -0.15) is 5.10 Å². The maximum absolute atomic E-state index is 4.84. The van der Waals surface area contributed by atoms with Crippen LogP contribution in [-0.2, 0) is 13.1 Å². The Labute approximate surface area is 122 Å². The third-order valence-corrected chi connectivity index (χ3v) is 3.68. The van der Waals surface area contributed by atoms with E-state index in [9.17, 15) is 0 Å². The molecule has 0 saturated heterocycles. The third kappa shape index (κ3) is 3.60. The van der Waals surface area contributed by atoms with Crippen molar-refractivity contribution in [1.29, 1.82) is 0 Å². The van der Waals surface area contributed by atoms with E-state index in [-0.39, 0.29) is 0 Å².